The first-order valence-electron chi connectivity index (χ1n) is 11.0. The van der Waals surface area contributed by atoms with Crippen LogP contribution >= 0.6 is 0 Å². The Labute approximate surface area is 173 Å². The number of piperazine rings is 1. The van der Waals surface area contributed by atoms with Gasteiger partial charge in [0.25, 0.3) is 0 Å². The van der Waals surface area contributed by atoms with Crippen LogP contribution in [0.1, 0.15) is 44.1 Å². The van der Waals surface area contributed by atoms with Crippen molar-refractivity contribution in [3.63, 3.8) is 0 Å². The molecule has 29 heavy (non-hydrogen) atoms. The molecule has 4 rings (SSSR count). The van der Waals surface area contributed by atoms with Gasteiger partial charge in [0.15, 0.2) is 11.5 Å². The number of rotatable bonds is 8. The van der Waals surface area contributed by atoms with Crippen molar-refractivity contribution in [1.29, 1.82) is 0 Å². The van der Waals surface area contributed by atoms with Crippen molar-refractivity contribution in [3.8, 4) is 11.5 Å². The standard InChI is InChI=1S/C23H33N3O3/c27-23(24-10-8-19-4-2-1-3-5-19)9-11-25-12-14-26(15-13-25)17-20-6-7-21-22(16-20)29-18-28-21/h4,6-7,16H,1-3,5,8-15,17-18H2,(H,24,27). The van der Waals surface area contributed by atoms with E-state index >= 15 is 0 Å². The van der Waals surface area contributed by atoms with Crippen LogP contribution in [-0.4, -0.2) is 61.8 Å². The number of hydrogen-bond donors (Lipinski definition) is 1. The molecule has 0 saturated carbocycles. The molecule has 0 radical (unpaired) electrons. The fourth-order valence-corrected chi connectivity index (χ4v) is 4.31. The van der Waals surface area contributed by atoms with Crippen LogP contribution in [0.2, 0.25) is 0 Å². The van der Waals surface area contributed by atoms with Crippen molar-refractivity contribution < 1.29 is 14.3 Å². The second kappa shape index (κ2) is 10.1. The molecule has 2 heterocycles. The highest BCUT2D eigenvalue weighted by atomic mass is 16.7. The first-order chi connectivity index (χ1) is 14.3. The number of benzene rings is 1. The second-order valence-electron chi connectivity index (χ2n) is 8.26. The van der Waals surface area contributed by atoms with Crippen LogP contribution in [0.25, 0.3) is 0 Å². The van der Waals surface area contributed by atoms with Crippen molar-refractivity contribution in [3.05, 3.63) is 35.4 Å². The molecule has 1 aromatic rings. The molecule has 3 aliphatic rings. The number of amides is 1. The summed E-state index contributed by atoms with van der Waals surface area (Å²) in [4.78, 5) is 17.0. The molecule has 1 fully saturated rings. The molecule has 6 nitrogen and oxygen atoms in total. The van der Waals surface area contributed by atoms with Crippen molar-refractivity contribution in [2.24, 2.45) is 0 Å². The summed E-state index contributed by atoms with van der Waals surface area (Å²) in [5.41, 5.74) is 2.78. The Morgan fingerprint density at radius 2 is 1.86 bits per heavy atom. The molecule has 0 spiro atoms. The van der Waals surface area contributed by atoms with Gasteiger partial charge >= 0.3 is 0 Å². The highest BCUT2D eigenvalue weighted by molar-refractivity contribution is 5.76. The van der Waals surface area contributed by atoms with Gasteiger partial charge in [0.2, 0.25) is 12.7 Å². The lowest BCUT2D eigenvalue weighted by Crippen LogP contribution is -2.46. The molecule has 1 amide bonds. The Kier molecular flexibility index (Phi) is 7.06. The topological polar surface area (TPSA) is 54.0 Å². The van der Waals surface area contributed by atoms with E-state index in [1.165, 1.54) is 36.8 Å². The molecule has 1 aromatic carbocycles. The summed E-state index contributed by atoms with van der Waals surface area (Å²) in [6, 6.07) is 6.20. The molecule has 2 aliphatic heterocycles. The van der Waals surface area contributed by atoms with Crippen LogP contribution in [0.3, 0.4) is 0 Å². The van der Waals surface area contributed by atoms with E-state index in [2.05, 4.69) is 33.3 Å². The third-order valence-electron chi connectivity index (χ3n) is 6.12. The van der Waals surface area contributed by atoms with Gasteiger partial charge in [0, 0.05) is 52.2 Å². The van der Waals surface area contributed by atoms with E-state index in [0.717, 1.165) is 63.7 Å². The predicted molar refractivity (Wildman–Crippen MR) is 113 cm³/mol. The lowest BCUT2D eigenvalue weighted by molar-refractivity contribution is -0.121. The largest absolute Gasteiger partial charge is 0.454 e. The Morgan fingerprint density at radius 3 is 2.69 bits per heavy atom. The van der Waals surface area contributed by atoms with Crippen molar-refractivity contribution >= 4 is 5.91 Å². The first kappa shape index (κ1) is 20.2. The lowest BCUT2D eigenvalue weighted by Gasteiger charge is -2.34. The second-order valence-corrected chi connectivity index (χ2v) is 8.26. The number of fused-ring (bicyclic) bond motifs is 1. The van der Waals surface area contributed by atoms with E-state index in [0.29, 0.717) is 13.2 Å². The number of hydrogen-bond acceptors (Lipinski definition) is 5. The number of ether oxygens (including phenoxy) is 2. The molecule has 6 heteroatoms. The van der Waals surface area contributed by atoms with Crippen LogP contribution in [0, 0.1) is 0 Å². The number of nitrogens with zero attached hydrogens (tertiary/aromatic N) is 2. The summed E-state index contributed by atoms with van der Waals surface area (Å²) < 4.78 is 10.9. The van der Waals surface area contributed by atoms with Gasteiger partial charge in [-0.1, -0.05) is 17.7 Å². The molecule has 0 unspecified atom stereocenters. The van der Waals surface area contributed by atoms with Crippen LogP contribution in [0.5, 0.6) is 11.5 Å². The zero-order valence-electron chi connectivity index (χ0n) is 17.3. The number of carbonyl (C=O) groups is 1. The monoisotopic (exact) mass is 399 g/mol. The van der Waals surface area contributed by atoms with Gasteiger partial charge in [-0.05, 0) is 49.8 Å². The molecule has 0 atom stereocenters. The summed E-state index contributed by atoms with van der Waals surface area (Å²) in [7, 11) is 0. The molecule has 0 aromatic heterocycles. The minimum absolute atomic E-state index is 0.184. The average molecular weight is 400 g/mol. The number of nitrogens with one attached hydrogen (secondary N) is 1. The molecular formula is C23H33N3O3. The predicted octanol–water partition coefficient (Wildman–Crippen LogP) is 2.93. The molecule has 158 valence electrons. The Balaban J connectivity index is 1.10. The normalized spacial score (nSPS) is 19.8. The van der Waals surface area contributed by atoms with Crippen LogP contribution in [-0.2, 0) is 11.3 Å². The SMILES string of the molecule is O=C(CCN1CCN(Cc2ccc3c(c2)OCO3)CC1)NCCC1=CCCCC1. The van der Waals surface area contributed by atoms with Gasteiger partial charge in [-0.25, -0.2) is 0 Å². The van der Waals surface area contributed by atoms with Crippen LogP contribution < -0.4 is 14.8 Å². The van der Waals surface area contributed by atoms with Crippen LogP contribution in [0.4, 0.5) is 0 Å². The molecule has 0 bridgehead atoms. The van der Waals surface area contributed by atoms with Gasteiger partial charge in [0.1, 0.15) is 0 Å². The summed E-state index contributed by atoms with van der Waals surface area (Å²) in [6.07, 6.45) is 9.03. The zero-order valence-corrected chi connectivity index (χ0v) is 17.3. The number of carbonyl (C=O) groups excluding carboxylic acids is 1. The van der Waals surface area contributed by atoms with E-state index in [1.54, 1.807) is 0 Å². The van der Waals surface area contributed by atoms with Gasteiger partial charge in [-0.3, -0.25) is 9.69 Å². The lowest BCUT2D eigenvalue weighted by atomic mass is 9.97. The maximum atomic E-state index is 12.1. The van der Waals surface area contributed by atoms with E-state index in [9.17, 15) is 4.79 Å². The summed E-state index contributed by atoms with van der Waals surface area (Å²) in [6.45, 7) is 6.99. The molecule has 1 N–H and O–H groups in total. The first-order valence-corrected chi connectivity index (χ1v) is 11.0. The van der Waals surface area contributed by atoms with E-state index < -0.39 is 0 Å². The van der Waals surface area contributed by atoms with Gasteiger partial charge in [0.05, 0.1) is 0 Å². The Hall–Kier alpha value is -2.05. The quantitative estimate of drug-likeness (QED) is 0.681. The Morgan fingerprint density at radius 1 is 1.03 bits per heavy atom. The van der Waals surface area contributed by atoms with Crippen molar-refractivity contribution in [1.82, 2.24) is 15.1 Å². The summed E-state index contributed by atoms with van der Waals surface area (Å²) >= 11 is 0. The van der Waals surface area contributed by atoms with Gasteiger partial charge in [-0.15, -0.1) is 0 Å². The van der Waals surface area contributed by atoms with E-state index in [1.807, 2.05) is 6.07 Å². The van der Waals surface area contributed by atoms with Crippen molar-refractivity contribution in [2.45, 2.75) is 45.1 Å². The van der Waals surface area contributed by atoms with Crippen molar-refractivity contribution in [2.75, 3.05) is 46.1 Å². The highest BCUT2D eigenvalue weighted by Gasteiger charge is 2.19. The molecule has 1 aliphatic carbocycles. The van der Waals surface area contributed by atoms with Gasteiger partial charge in [-0.2, -0.15) is 0 Å². The maximum absolute atomic E-state index is 12.1. The summed E-state index contributed by atoms with van der Waals surface area (Å²) in [5, 5.41) is 3.09. The number of allylic oxidation sites excluding steroid dienone is 1. The fourth-order valence-electron chi connectivity index (χ4n) is 4.31. The van der Waals surface area contributed by atoms with Crippen LogP contribution in [0.15, 0.2) is 29.8 Å². The minimum Gasteiger partial charge on any atom is -0.454 e. The molecular weight excluding hydrogens is 366 g/mol. The summed E-state index contributed by atoms with van der Waals surface area (Å²) in [5.74, 6) is 1.88. The third-order valence-corrected chi connectivity index (χ3v) is 6.12. The molecule has 1 saturated heterocycles. The highest BCUT2D eigenvalue weighted by Crippen LogP contribution is 2.32. The average Bonchev–Trinajstić information content (AvgIpc) is 3.22. The third kappa shape index (κ3) is 5.97. The maximum Gasteiger partial charge on any atom is 0.231 e. The Bertz CT molecular complexity index is 726. The van der Waals surface area contributed by atoms with E-state index in [-0.39, 0.29) is 5.91 Å². The zero-order chi connectivity index (χ0) is 19.9. The fraction of sp³-hybridized carbons (Fsp3) is 0.609. The van der Waals surface area contributed by atoms with E-state index in [4.69, 9.17) is 9.47 Å². The van der Waals surface area contributed by atoms with Gasteiger partial charge < -0.3 is 19.7 Å². The minimum atomic E-state index is 0.184. The smallest absolute Gasteiger partial charge is 0.231 e.